The quantitative estimate of drug-likeness (QED) is 0.885. The molecular weight excluding hydrogens is 296 g/mol. The second-order valence-corrected chi connectivity index (χ2v) is 7.09. The monoisotopic (exact) mass is 304 g/mol. The zero-order valence-electron chi connectivity index (χ0n) is 9.25. The lowest BCUT2D eigenvalue weighted by molar-refractivity contribution is 0.463. The predicted octanol–water partition coefficient (Wildman–Crippen LogP) is 3.18. The average molecular weight is 305 g/mol. The molecule has 4 nitrogen and oxygen atoms in total. The summed E-state index contributed by atoms with van der Waals surface area (Å²) in [4.78, 5) is 0. The molecule has 0 saturated heterocycles. The fourth-order valence-electron chi connectivity index (χ4n) is 1.38. The number of halogens is 1. The number of phenols is 1. The van der Waals surface area contributed by atoms with Gasteiger partial charge in [0, 0.05) is 6.07 Å². The number of phenolic OH excluding ortho intramolecular Hbond substituents is 1. The Balaban J connectivity index is 2.33. The van der Waals surface area contributed by atoms with Crippen LogP contribution in [0.3, 0.4) is 0 Å². The highest BCUT2D eigenvalue weighted by atomic mass is 35.5. The van der Waals surface area contributed by atoms with E-state index in [9.17, 15) is 13.5 Å². The lowest BCUT2D eigenvalue weighted by atomic mass is 10.2. The molecule has 1 aromatic carbocycles. The van der Waals surface area contributed by atoms with Crippen molar-refractivity contribution in [2.45, 2.75) is 11.1 Å². The summed E-state index contributed by atoms with van der Waals surface area (Å²) >= 11 is 6.59. The molecule has 0 saturated carbocycles. The number of hydrogen-bond donors (Lipinski definition) is 1. The van der Waals surface area contributed by atoms with Crippen LogP contribution in [0.25, 0.3) is 0 Å². The molecule has 0 aliphatic carbocycles. The number of hydrogen-bond acceptors (Lipinski definition) is 5. The van der Waals surface area contributed by atoms with Crippen molar-refractivity contribution in [3.63, 3.8) is 0 Å². The molecule has 0 radical (unpaired) electrons. The summed E-state index contributed by atoms with van der Waals surface area (Å²) in [5, 5.41) is 9.37. The Morgan fingerprint density at radius 1 is 1.28 bits per heavy atom. The Bertz CT molecular complexity index is 656. The van der Waals surface area contributed by atoms with Crippen molar-refractivity contribution in [1.29, 1.82) is 0 Å². The van der Waals surface area contributed by atoms with Gasteiger partial charge in [0.25, 0.3) is 0 Å². The third-order valence-electron chi connectivity index (χ3n) is 2.04. The summed E-state index contributed by atoms with van der Waals surface area (Å²) in [7, 11) is -3.90. The van der Waals surface area contributed by atoms with Crippen LogP contribution in [0.15, 0.2) is 34.5 Å². The fraction of sp³-hybridized carbons (Fsp3) is 0.0909. The van der Waals surface area contributed by atoms with Crippen LogP contribution >= 0.6 is 22.9 Å². The van der Waals surface area contributed by atoms with Gasteiger partial charge in [0.15, 0.2) is 4.21 Å². The topological polar surface area (TPSA) is 63.6 Å². The van der Waals surface area contributed by atoms with Crippen molar-refractivity contribution in [2.24, 2.45) is 0 Å². The molecule has 7 heteroatoms. The maximum absolute atomic E-state index is 11.9. The second kappa shape index (κ2) is 4.79. The fourth-order valence-corrected chi connectivity index (χ4v) is 3.74. The van der Waals surface area contributed by atoms with E-state index in [0.717, 1.165) is 11.3 Å². The standard InChI is InChI=1S/C11H9ClO4S2/c1-7-4-8(13)6-9(5-7)16-18(14,15)11-3-2-10(12)17-11/h2-6,13H,1H3. The van der Waals surface area contributed by atoms with Gasteiger partial charge in [0.1, 0.15) is 11.5 Å². The van der Waals surface area contributed by atoms with Crippen molar-refractivity contribution in [3.05, 3.63) is 40.2 Å². The lowest BCUT2D eigenvalue weighted by Crippen LogP contribution is -2.07. The molecule has 0 amide bonds. The van der Waals surface area contributed by atoms with E-state index in [0.29, 0.717) is 9.90 Å². The molecule has 0 aliphatic heterocycles. The maximum Gasteiger partial charge on any atom is 0.348 e. The second-order valence-electron chi connectivity index (χ2n) is 3.60. The molecule has 1 heterocycles. The van der Waals surface area contributed by atoms with Gasteiger partial charge in [-0.2, -0.15) is 8.42 Å². The number of thiophene rings is 1. The van der Waals surface area contributed by atoms with Crippen LogP contribution in [0.1, 0.15) is 5.56 Å². The smallest absolute Gasteiger partial charge is 0.348 e. The minimum absolute atomic E-state index is 0.0218. The molecule has 0 aliphatic rings. The van der Waals surface area contributed by atoms with Gasteiger partial charge < -0.3 is 9.29 Å². The molecule has 0 fully saturated rings. The molecule has 1 aromatic heterocycles. The van der Waals surface area contributed by atoms with E-state index in [1.165, 1.54) is 30.3 Å². The number of benzene rings is 1. The van der Waals surface area contributed by atoms with Crippen LogP contribution < -0.4 is 4.18 Å². The van der Waals surface area contributed by atoms with Crippen LogP contribution in [0.2, 0.25) is 4.34 Å². The molecule has 0 bridgehead atoms. The van der Waals surface area contributed by atoms with Crippen molar-refractivity contribution in [2.75, 3.05) is 0 Å². The van der Waals surface area contributed by atoms with E-state index in [-0.39, 0.29) is 15.7 Å². The third-order valence-corrected chi connectivity index (χ3v) is 4.97. The first-order valence-electron chi connectivity index (χ1n) is 4.87. The molecule has 0 spiro atoms. The first kappa shape index (κ1) is 13.2. The van der Waals surface area contributed by atoms with Crippen LogP contribution in [0.4, 0.5) is 0 Å². The Hall–Kier alpha value is -1.24. The van der Waals surface area contributed by atoms with Crippen LogP contribution in [0, 0.1) is 6.92 Å². The summed E-state index contributed by atoms with van der Waals surface area (Å²) < 4.78 is 29.1. The third kappa shape index (κ3) is 2.95. The molecule has 2 aromatic rings. The van der Waals surface area contributed by atoms with Gasteiger partial charge in [0.2, 0.25) is 0 Å². The van der Waals surface area contributed by atoms with Gasteiger partial charge in [-0.05, 0) is 36.8 Å². The zero-order chi connectivity index (χ0) is 13.3. The van der Waals surface area contributed by atoms with E-state index in [4.69, 9.17) is 15.8 Å². The number of rotatable bonds is 3. The van der Waals surface area contributed by atoms with Gasteiger partial charge in [-0.15, -0.1) is 11.3 Å². The minimum Gasteiger partial charge on any atom is -0.508 e. The summed E-state index contributed by atoms with van der Waals surface area (Å²) in [5.41, 5.74) is 0.699. The summed E-state index contributed by atoms with van der Waals surface area (Å²) in [6.45, 7) is 1.72. The Labute approximate surface area is 114 Å². The van der Waals surface area contributed by atoms with Crippen LogP contribution in [-0.2, 0) is 10.1 Å². The Kier molecular flexibility index (Phi) is 3.52. The summed E-state index contributed by atoms with van der Waals surface area (Å²) in [5.74, 6) is 0.0152. The molecule has 1 N–H and O–H groups in total. The predicted molar refractivity (Wildman–Crippen MR) is 70.0 cm³/mol. The lowest BCUT2D eigenvalue weighted by Gasteiger charge is -2.06. The Morgan fingerprint density at radius 2 is 2.00 bits per heavy atom. The van der Waals surface area contributed by atoms with Gasteiger partial charge >= 0.3 is 10.1 Å². The molecule has 2 rings (SSSR count). The van der Waals surface area contributed by atoms with E-state index in [1.54, 1.807) is 6.92 Å². The van der Waals surface area contributed by atoms with Gasteiger partial charge in [0.05, 0.1) is 4.34 Å². The van der Waals surface area contributed by atoms with Crippen LogP contribution in [0.5, 0.6) is 11.5 Å². The molecule has 0 atom stereocenters. The van der Waals surface area contributed by atoms with E-state index >= 15 is 0 Å². The van der Waals surface area contributed by atoms with Crippen molar-refractivity contribution in [1.82, 2.24) is 0 Å². The van der Waals surface area contributed by atoms with Crippen molar-refractivity contribution >= 4 is 33.1 Å². The van der Waals surface area contributed by atoms with E-state index < -0.39 is 10.1 Å². The summed E-state index contributed by atoms with van der Waals surface area (Å²) in [6.07, 6.45) is 0. The SMILES string of the molecule is Cc1cc(O)cc(OS(=O)(=O)c2ccc(Cl)s2)c1. The zero-order valence-corrected chi connectivity index (χ0v) is 11.6. The first-order chi connectivity index (χ1) is 8.37. The summed E-state index contributed by atoms with van der Waals surface area (Å²) in [6, 6.07) is 7.11. The Morgan fingerprint density at radius 3 is 2.56 bits per heavy atom. The number of aromatic hydroxyl groups is 1. The highest BCUT2D eigenvalue weighted by molar-refractivity contribution is 7.89. The van der Waals surface area contributed by atoms with Crippen molar-refractivity contribution < 1.29 is 17.7 Å². The minimum atomic E-state index is -3.90. The highest BCUT2D eigenvalue weighted by Crippen LogP contribution is 2.29. The van der Waals surface area contributed by atoms with Gasteiger partial charge in [-0.3, -0.25) is 0 Å². The normalized spacial score (nSPS) is 11.4. The maximum atomic E-state index is 11.9. The average Bonchev–Trinajstić information content (AvgIpc) is 2.62. The van der Waals surface area contributed by atoms with Gasteiger partial charge in [-0.25, -0.2) is 0 Å². The van der Waals surface area contributed by atoms with E-state index in [2.05, 4.69) is 0 Å². The molecule has 96 valence electrons. The first-order valence-corrected chi connectivity index (χ1v) is 7.47. The van der Waals surface area contributed by atoms with Crippen molar-refractivity contribution in [3.8, 4) is 11.5 Å². The number of aryl methyl sites for hydroxylation is 1. The van der Waals surface area contributed by atoms with Crippen LogP contribution in [-0.4, -0.2) is 13.5 Å². The molecule has 0 unspecified atom stereocenters. The highest BCUT2D eigenvalue weighted by Gasteiger charge is 2.19. The molecular formula is C11H9ClO4S2. The van der Waals surface area contributed by atoms with Gasteiger partial charge in [-0.1, -0.05) is 11.6 Å². The molecule has 18 heavy (non-hydrogen) atoms. The van der Waals surface area contributed by atoms with E-state index in [1.807, 2.05) is 0 Å². The largest absolute Gasteiger partial charge is 0.508 e.